The summed E-state index contributed by atoms with van der Waals surface area (Å²) in [6.45, 7) is 0. The van der Waals surface area contributed by atoms with Crippen LogP contribution in [0.2, 0.25) is 0 Å². The van der Waals surface area contributed by atoms with Crippen molar-refractivity contribution >= 4 is 146 Å². The molecule has 2 aromatic heterocycles. The molecular weight excluding hydrogens is 883 g/mol. The van der Waals surface area contributed by atoms with E-state index in [1.54, 1.807) is 7.11 Å². The van der Waals surface area contributed by atoms with E-state index in [4.69, 9.17) is 4.74 Å². The van der Waals surface area contributed by atoms with Crippen LogP contribution < -0.4 is 9.64 Å². The standard InChI is InChI=1S/C66H39N3OS/c1-70-44-29-26-41(27-30-44)68(42-25-24-40-23-22-39-12-2-3-13-45(39)55(40)32-42)43-28-31-52-58-37-65-60(59-34-56-48-16-6-4-14-46(48)47-15-5-7-17-49(47)57(56)36-64(59)71-65)35-63(58)69(62(52)33-43)66-53-20-10-8-18-50(53)61(38-67)51-19-9-11-21-54(51)66/h2-37H,1H3. The Morgan fingerprint density at radius 3 is 1.51 bits per heavy atom. The van der Waals surface area contributed by atoms with Gasteiger partial charge in [-0.2, -0.15) is 5.26 Å². The number of hydrogen-bond acceptors (Lipinski definition) is 4. The Bertz CT molecular complexity index is 4770. The minimum Gasteiger partial charge on any atom is -0.497 e. The van der Waals surface area contributed by atoms with E-state index in [9.17, 15) is 5.26 Å². The van der Waals surface area contributed by atoms with Crippen molar-refractivity contribution in [3.8, 4) is 17.5 Å². The summed E-state index contributed by atoms with van der Waals surface area (Å²) in [5.41, 5.74) is 7.02. The third-order valence-corrected chi connectivity index (χ3v) is 16.1. The van der Waals surface area contributed by atoms with E-state index in [0.717, 1.165) is 66.5 Å². The summed E-state index contributed by atoms with van der Waals surface area (Å²) in [5.74, 6) is 0.801. The van der Waals surface area contributed by atoms with E-state index in [1.807, 2.05) is 35.6 Å². The van der Waals surface area contributed by atoms with Gasteiger partial charge in [0.15, 0.2) is 0 Å². The van der Waals surface area contributed by atoms with Gasteiger partial charge >= 0.3 is 0 Å². The molecule has 0 aliphatic rings. The highest BCUT2D eigenvalue weighted by atomic mass is 32.1. The molecule has 0 aliphatic heterocycles. The number of hydrogen-bond donors (Lipinski definition) is 0. The van der Waals surface area contributed by atoms with E-state index < -0.39 is 0 Å². The maximum atomic E-state index is 10.8. The second-order valence-corrected chi connectivity index (χ2v) is 19.7. The number of nitrogens with zero attached hydrogens (tertiary/aromatic N) is 3. The molecule has 0 saturated heterocycles. The van der Waals surface area contributed by atoms with Crippen molar-refractivity contribution in [1.29, 1.82) is 5.26 Å². The van der Waals surface area contributed by atoms with Crippen molar-refractivity contribution < 1.29 is 4.74 Å². The summed E-state index contributed by atoms with van der Waals surface area (Å²) in [6, 6.07) is 82.0. The van der Waals surface area contributed by atoms with Crippen molar-refractivity contribution in [2.24, 2.45) is 0 Å². The highest BCUT2D eigenvalue weighted by molar-refractivity contribution is 7.26. The van der Waals surface area contributed by atoms with E-state index in [0.29, 0.717) is 5.56 Å². The fraction of sp³-hybridized carbons (Fsp3) is 0.0152. The second kappa shape index (κ2) is 15.1. The van der Waals surface area contributed by atoms with Crippen LogP contribution >= 0.6 is 11.3 Å². The maximum Gasteiger partial charge on any atom is 0.119 e. The zero-order chi connectivity index (χ0) is 46.9. The smallest absolute Gasteiger partial charge is 0.119 e. The number of ether oxygens (including phenoxy) is 1. The Balaban J connectivity index is 1.06. The van der Waals surface area contributed by atoms with Crippen molar-refractivity contribution in [2.45, 2.75) is 0 Å². The molecule has 15 aromatic rings. The molecule has 4 nitrogen and oxygen atoms in total. The van der Waals surface area contributed by atoms with Crippen LogP contribution in [0.4, 0.5) is 17.1 Å². The van der Waals surface area contributed by atoms with Crippen LogP contribution in [0.25, 0.3) is 123 Å². The van der Waals surface area contributed by atoms with Crippen LogP contribution in [0.5, 0.6) is 5.75 Å². The monoisotopic (exact) mass is 921 g/mol. The molecule has 0 spiro atoms. The second-order valence-electron chi connectivity index (χ2n) is 18.6. The summed E-state index contributed by atoms with van der Waals surface area (Å²) < 4.78 is 10.7. The third kappa shape index (κ3) is 5.77. The van der Waals surface area contributed by atoms with Crippen molar-refractivity contribution in [3.05, 3.63) is 224 Å². The fourth-order valence-corrected chi connectivity index (χ4v) is 13.0. The highest BCUT2D eigenvalue weighted by Gasteiger charge is 2.24. The average Bonchev–Trinajstić information content (AvgIpc) is 3.94. The molecule has 0 atom stereocenters. The van der Waals surface area contributed by atoms with Gasteiger partial charge in [0, 0.05) is 69.6 Å². The van der Waals surface area contributed by atoms with Gasteiger partial charge in [0.1, 0.15) is 11.8 Å². The molecule has 0 amide bonds. The molecule has 13 aromatic carbocycles. The van der Waals surface area contributed by atoms with Gasteiger partial charge in [-0.1, -0.05) is 146 Å². The Kier molecular flexibility index (Phi) is 8.48. The summed E-state index contributed by atoms with van der Waals surface area (Å²) in [4.78, 5) is 2.36. The summed E-state index contributed by atoms with van der Waals surface area (Å²) in [7, 11) is 1.71. The maximum absolute atomic E-state index is 10.8. The first-order chi connectivity index (χ1) is 35.1. The molecule has 0 saturated carbocycles. The normalized spacial score (nSPS) is 12.0. The molecule has 71 heavy (non-hydrogen) atoms. The largest absolute Gasteiger partial charge is 0.497 e. The average molecular weight is 922 g/mol. The molecule has 0 aliphatic carbocycles. The molecule has 0 bridgehead atoms. The van der Waals surface area contributed by atoms with Crippen LogP contribution in [0.3, 0.4) is 0 Å². The summed E-state index contributed by atoms with van der Waals surface area (Å²) in [5, 5.41) is 32.0. The number of rotatable bonds is 5. The highest BCUT2D eigenvalue weighted by Crippen LogP contribution is 2.48. The fourth-order valence-electron chi connectivity index (χ4n) is 11.8. The quantitative estimate of drug-likeness (QED) is 0.128. The number of fused-ring (bicyclic) bond motifs is 17. The number of aromatic nitrogens is 1. The van der Waals surface area contributed by atoms with Crippen LogP contribution in [-0.2, 0) is 0 Å². The number of thiophene rings is 1. The molecule has 0 unspecified atom stereocenters. The lowest BCUT2D eigenvalue weighted by Gasteiger charge is -2.26. The number of methoxy groups -OCH3 is 1. The Morgan fingerprint density at radius 1 is 0.380 bits per heavy atom. The van der Waals surface area contributed by atoms with Gasteiger partial charge in [0.25, 0.3) is 0 Å². The van der Waals surface area contributed by atoms with E-state index in [2.05, 4.69) is 210 Å². The first kappa shape index (κ1) is 39.8. The molecule has 15 rings (SSSR count). The van der Waals surface area contributed by atoms with Gasteiger partial charge in [0.05, 0.1) is 29.4 Å². The number of nitriles is 1. The first-order valence-electron chi connectivity index (χ1n) is 24.0. The van der Waals surface area contributed by atoms with Crippen LogP contribution in [-0.4, -0.2) is 11.7 Å². The van der Waals surface area contributed by atoms with E-state index >= 15 is 0 Å². The molecule has 0 radical (unpaired) electrons. The SMILES string of the molecule is COc1ccc(N(c2ccc3ccc4ccccc4c3c2)c2ccc3c4cc5sc6cc7c8ccccc8c8ccccc8c7cc6c5cc4n(-c4c5ccccc5c(C#N)c5ccccc45)c3c2)cc1. The molecule has 330 valence electrons. The van der Waals surface area contributed by atoms with Crippen LogP contribution in [0.15, 0.2) is 218 Å². The Hall–Kier alpha value is -9.21. The van der Waals surface area contributed by atoms with E-state index in [1.165, 1.54) is 79.4 Å². The predicted octanol–water partition coefficient (Wildman–Crippen LogP) is 18.6. The summed E-state index contributed by atoms with van der Waals surface area (Å²) in [6.07, 6.45) is 0. The van der Waals surface area contributed by atoms with Gasteiger partial charge in [-0.05, 0) is 127 Å². The van der Waals surface area contributed by atoms with Crippen molar-refractivity contribution in [3.63, 3.8) is 0 Å². The van der Waals surface area contributed by atoms with Crippen molar-refractivity contribution in [1.82, 2.24) is 4.57 Å². The number of anilines is 3. The lowest BCUT2D eigenvalue weighted by molar-refractivity contribution is 0.415. The minimum atomic E-state index is 0.689. The molecular formula is C66H39N3OS. The lowest BCUT2D eigenvalue weighted by atomic mass is 9.93. The Labute approximate surface area is 411 Å². The van der Waals surface area contributed by atoms with Gasteiger partial charge in [-0.15, -0.1) is 11.3 Å². The third-order valence-electron chi connectivity index (χ3n) is 15.0. The number of benzene rings is 13. The molecule has 2 heterocycles. The molecule has 0 fully saturated rings. The summed E-state index contributed by atoms with van der Waals surface area (Å²) >= 11 is 1.87. The van der Waals surface area contributed by atoms with Gasteiger partial charge in [-0.25, -0.2) is 0 Å². The lowest BCUT2D eigenvalue weighted by Crippen LogP contribution is -2.10. The van der Waals surface area contributed by atoms with Crippen LogP contribution in [0, 0.1) is 11.3 Å². The molecule has 5 heteroatoms. The first-order valence-corrected chi connectivity index (χ1v) is 24.8. The topological polar surface area (TPSA) is 41.2 Å². The Morgan fingerprint density at radius 2 is 0.859 bits per heavy atom. The van der Waals surface area contributed by atoms with Gasteiger partial charge in [0.2, 0.25) is 0 Å². The van der Waals surface area contributed by atoms with Crippen molar-refractivity contribution in [2.75, 3.05) is 12.0 Å². The zero-order valence-electron chi connectivity index (χ0n) is 38.4. The van der Waals surface area contributed by atoms with E-state index in [-0.39, 0.29) is 0 Å². The molecule has 0 N–H and O–H groups in total. The van der Waals surface area contributed by atoms with Gasteiger partial charge in [-0.3, -0.25) is 0 Å². The zero-order valence-corrected chi connectivity index (χ0v) is 39.3. The minimum absolute atomic E-state index is 0.689. The predicted molar refractivity (Wildman–Crippen MR) is 302 cm³/mol. The van der Waals surface area contributed by atoms with Gasteiger partial charge < -0.3 is 14.2 Å². The van der Waals surface area contributed by atoms with Crippen LogP contribution in [0.1, 0.15) is 5.56 Å².